The summed E-state index contributed by atoms with van der Waals surface area (Å²) in [5, 5.41) is 3.93. The largest absolute Gasteiger partial charge is 0.340 e. The van der Waals surface area contributed by atoms with Crippen LogP contribution < -0.4 is 5.32 Å². The average molecular weight is 238 g/mol. The van der Waals surface area contributed by atoms with Crippen LogP contribution in [0.2, 0.25) is 10.0 Å². The van der Waals surface area contributed by atoms with Gasteiger partial charge in [-0.05, 0) is 18.2 Å². The van der Waals surface area contributed by atoms with Crippen LogP contribution in [0.25, 0.3) is 0 Å². The molecule has 0 amide bonds. The number of nitrogens with one attached hydrogen (secondary N) is 1. The number of benzene rings is 1. The Hall–Kier alpha value is 0.0400. The summed E-state index contributed by atoms with van der Waals surface area (Å²) >= 11 is 20.2. The molecular formula is C7H5Cl2NS2. The van der Waals surface area contributed by atoms with Gasteiger partial charge in [-0.1, -0.05) is 35.4 Å². The lowest BCUT2D eigenvalue weighted by atomic mass is 10.3. The van der Waals surface area contributed by atoms with E-state index < -0.39 is 0 Å². The maximum absolute atomic E-state index is 5.83. The van der Waals surface area contributed by atoms with E-state index in [9.17, 15) is 0 Å². The van der Waals surface area contributed by atoms with Crippen LogP contribution in [0, 0.1) is 0 Å². The molecule has 0 aliphatic carbocycles. The maximum Gasteiger partial charge on any atom is 0.135 e. The summed E-state index contributed by atoms with van der Waals surface area (Å²) in [6.45, 7) is 0. The van der Waals surface area contributed by atoms with E-state index in [0.29, 0.717) is 20.1 Å². The number of thiol groups is 1. The van der Waals surface area contributed by atoms with E-state index in [1.54, 1.807) is 18.2 Å². The molecule has 5 heteroatoms. The first kappa shape index (κ1) is 10.1. The molecule has 0 aromatic heterocycles. The van der Waals surface area contributed by atoms with Crippen molar-refractivity contribution in [2.24, 2.45) is 0 Å². The normalized spacial score (nSPS) is 9.58. The summed E-state index contributed by atoms with van der Waals surface area (Å²) in [5.41, 5.74) is 0.709. The number of hydrogen-bond donors (Lipinski definition) is 2. The zero-order valence-corrected chi connectivity index (χ0v) is 9.07. The van der Waals surface area contributed by atoms with Gasteiger partial charge in [0.25, 0.3) is 0 Å². The third-order valence-electron chi connectivity index (χ3n) is 1.17. The van der Waals surface area contributed by atoms with Crippen LogP contribution >= 0.6 is 48.0 Å². The number of thiocarbonyl (C=S) groups is 1. The van der Waals surface area contributed by atoms with Crippen molar-refractivity contribution in [2.45, 2.75) is 0 Å². The number of rotatable bonds is 1. The van der Waals surface area contributed by atoms with Crippen molar-refractivity contribution in [3.63, 3.8) is 0 Å². The van der Waals surface area contributed by atoms with Crippen molar-refractivity contribution in [1.29, 1.82) is 0 Å². The zero-order chi connectivity index (χ0) is 9.14. The second-order valence-electron chi connectivity index (χ2n) is 2.05. The zero-order valence-electron chi connectivity index (χ0n) is 5.84. The van der Waals surface area contributed by atoms with Crippen molar-refractivity contribution >= 4 is 58.1 Å². The van der Waals surface area contributed by atoms with E-state index >= 15 is 0 Å². The highest BCUT2D eigenvalue weighted by Crippen LogP contribution is 2.25. The predicted molar refractivity (Wildman–Crippen MR) is 61.7 cm³/mol. The van der Waals surface area contributed by atoms with Gasteiger partial charge in [-0.15, -0.1) is 12.6 Å². The van der Waals surface area contributed by atoms with E-state index in [-0.39, 0.29) is 0 Å². The van der Waals surface area contributed by atoms with Crippen LogP contribution in [0.15, 0.2) is 18.2 Å². The first-order valence-corrected chi connectivity index (χ1v) is 4.66. The summed E-state index contributed by atoms with van der Waals surface area (Å²) in [5.74, 6) is 0. The SMILES string of the molecule is S=C(S)Nc1ccc(Cl)cc1Cl. The Balaban J connectivity index is 2.93. The third kappa shape index (κ3) is 2.83. The van der Waals surface area contributed by atoms with Gasteiger partial charge in [-0.2, -0.15) is 0 Å². The Kier molecular flexibility index (Phi) is 3.65. The fourth-order valence-electron chi connectivity index (χ4n) is 0.706. The molecule has 1 rings (SSSR count). The first-order valence-electron chi connectivity index (χ1n) is 3.04. The third-order valence-corrected chi connectivity index (χ3v) is 1.93. The highest BCUT2D eigenvalue weighted by molar-refractivity contribution is 8.11. The molecule has 1 aromatic rings. The summed E-state index contributed by atoms with van der Waals surface area (Å²) in [4.78, 5) is 0. The predicted octanol–water partition coefficient (Wildman–Crippen LogP) is 3.62. The molecule has 0 heterocycles. The maximum atomic E-state index is 5.83. The molecule has 0 bridgehead atoms. The van der Waals surface area contributed by atoms with Gasteiger partial charge in [0.15, 0.2) is 0 Å². The monoisotopic (exact) mass is 237 g/mol. The lowest BCUT2D eigenvalue weighted by Gasteiger charge is -2.04. The molecule has 0 aliphatic rings. The molecule has 1 N–H and O–H groups in total. The highest BCUT2D eigenvalue weighted by atomic mass is 35.5. The molecule has 0 radical (unpaired) electrons. The van der Waals surface area contributed by atoms with Crippen LogP contribution in [-0.2, 0) is 0 Å². The van der Waals surface area contributed by atoms with Crippen molar-refractivity contribution in [2.75, 3.05) is 5.32 Å². The Bertz CT molecular complexity index is 314. The van der Waals surface area contributed by atoms with Gasteiger partial charge in [-0.25, -0.2) is 0 Å². The molecule has 0 atom stereocenters. The Morgan fingerprint density at radius 2 is 2.08 bits per heavy atom. The van der Waals surface area contributed by atoms with Crippen molar-refractivity contribution in [3.8, 4) is 0 Å². The van der Waals surface area contributed by atoms with Gasteiger partial charge >= 0.3 is 0 Å². The van der Waals surface area contributed by atoms with Crippen LogP contribution in [0.1, 0.15) is 0 Å². The van der Waals surface area contributed by atoms with Crippen molar-refractivity contribution in [1.82, 2.24) is 0 Å². The molecule has 64 valence electrons. The molecule has 0 saturated carbocycles. The number of halogens is 2. The summed E-state index contributed by atoms with van der Waals surface area (Å²) < 4.78 is 0.374. The van der Waals surface area contributed by atoms with Crippen LogP contribution in [0.3, 0.4) is 0 Å². The Morgan fingerprint density at radius 3 is 2.58 bits per heavy atom. The minimum atomic E-state index is 0.374. The molecule has 12 heavy (non-hydrogen) atoms. The van der Waals surface area contributed by atoms with E-state index in [2.05, 4.69) is 17.9 Å². The summed E-state index contributed by atoms with van der Waals surface area (Å²) in [6.07, 6.45) is 0. The van der Waals surface area contributed by atoms with Gasteiger partial charge in [0.2, 0.25) is 0 Å². The van der Waals surface area contributed by atoms with Gasteiger partial charge in [-0.3, -0.25) is 0 Å². The number of hydrogen-bond acceptors (Lipinski definition) is 1. The van der Waals surface area contributed by atoms with Crippen molar-refractivity contribution < 1.29 is 0 Å². The minimum absolute atomic E-state index is 0.374. The van der Waals surface area contributed by atoms with E-state index in [1.807, 2.05) is 0 Å². The standard InChI is InChI=1S/C7H5Cl2NS2/c8-4-1-2-6(5(9)3-4)10-7(11)12/h1-3H,(H2,10,11,12). The molecule has 0 unspecified atom stereocenters. The average Bonchev–Trinajstić information content (AvgIpc) is 1.94. The second-order valence-corrected chi connectivity index (χ2v) is 4.06. The van der Waals surface area contributed by atoms with E-state index in [1.165, 1.54) is 0 Å². The molecule has 0 spiro atoms. The van der Waals surface area contributed by atoms with Gasteiger partial charge < -0.3 is 5.32 Å². The molecule has 0 saturated heterocycles. The fourth-order valence-corrected chi connectivity index (χ4v) is 1.39. The van der Waals surface area contributed by atoms with Crippen LogP contribution in [0.4, 0.5) is 5.69 Å². The van der Waals surface area contributed by atoms with Gasteiger partial charge in [0.1, 0.15) is 4.32 Å². The smallest absolute Gasteiger partial charge is 0.135 e. The fraction of sp³-hybridized carbons (Fsp3) is 0. The molecule has 1 aromatic carbocycles. The van der Waals surface area contributed by atoms with Gasteiger partial charge in [0, 0.05) is 5.02 Å². The van der Waals surface area contributed by atoms with Crippen LogP contribution in [0.5, 0.6) is 0 Å². The molecule has 0 aliphatic heterocycles. The summed E-state index contributed by atoms with van der Waals surface area (Å²) in [6, 6.07) is 5.10. The lowest BCUT2D eigenvalue weighted by Crippen LogP contribution is -2.00. The Labute approximate surface area is 91.5 Å². The lowest BCUT2D eigenvalue weighted by molar-refractivity contribution is 1.66. The molecule has 1 nitrogen and oxygen atoms in total. The minimum Gasteiger partial charge on any atom is -0.340 e. The molecular weight excluding hydrogens is 233 g/mol. The highest BCUT2D eigenvalue weighted by Gasteiger charge is 2.00. The summed E-state index contributed by atoms with van der Waals surface area (Å²) in [7, 11) is 0. The Morgan fingerprint density at radius 1 is 1.42 bits per heavy atom. The quantitative estimate of drug-likeness (QED) is 0.572. The van der Waals surface area contributed by atoms with E-state index in [4.69, 9.17) is 35.4 Å². The number of anilines is 1. The van der Waals surface area contributed by atoms with Crippen molar-refractivity contribution in [3.05, 3.63) is 28.2 Å². The van der Waals surface area contributed by atoms with Gasteiger partial charge in [0.05, 0.1) is 10.7 Å². The molecule has 0 fully saturated rings. The second kappa shape index (κ2) is 4.33. The first-order chi connectivity index (χ1) is 5.59. The van der Waals surface area contributed by atoms with E-state index in [0.717, 1.165) is 0 Å². The topological polar surface area (TPSA) is 12.0 Å². The van der Waals surface area contributed by atoms with Crippen LogP contribution in [-0.4, -0.2) is 4.32 Å².